The molecular formula is C18H24Cl2FN5. The third-order valence-corrected chi connectivity index (χ3v) is 5.06. The highest BCUT2D eigenvalue weighted by molar-refractivity contribution is 6.41. The van der Waals surface area contributed by atoms with Gasteiger partial charge < -0.3 is 20.1 Å². The summed E-state index contributed by atoms with van der Waals surface area (Å²) in [4.78, 5) is 6.32. The Morgan fingerprint density at radius 3 is 2.38 bits per heavy atom. The molecule has 0 saturated heterocycles. The van der Waals surface area contributed by atoms with Crippen molar-refractivity contribution in [1.82, 2.24) is 20.1 Å². The smallest absolute Gasteiger partial charge is 0.191 e. The molecular weight excluding hydrogens is 376 g/mol. The van der Waals surface area contributed by atoms with E-state index < -0.39 is 0 Å². The molecule has 2 N–H and O–H groups in total. The molecule has 0 aliphatic carbocycles. The summed E-state index contributed by atoms with van der Waals surface area (Å²) >= 11 is 12.1. The van der Waals surface area contributed by atoms with Crippen LogP contribution < -0.4 is 10.6 Å². The van der Waals surface area contributed by atoms with Crippen LogP contribution in [0.15, 0.2) is 35.3 Å². The van der Waals surface area contributed by atoms with Gasteiger partial charge in [0.25, 0.3) is 0 Å². The molecule has 8 heteroatoms. The second kappa shape index (κ2) is 9.26. The topological polar surface area (TPSA) is 44.6 Å². The SMILES string of the molecule is CN=C(NCc1cc(Cl)c(Cl)n1C)NCC(c1ccc(F)cc1)N(C)C. The average Bonchev–Trinajstić information content (AvgIpc) is 2.86. The predicted octanol–water partition coefficient (Wildman–Crippen LogP) is 3.44. The van der Waals surface area contributed by atoms with E-state index in [1.54, 1.807) is 19.2 Å². The Morgan fingerprint density at radius 2 is 1.88 bits per heavy atom. The first-order valence-corrected chi connectivity index (χ1v) is 8.95. The average molecular weight is 400 g/mol. The van der Waals surface area contributed by atoms with Crippen molar-refractivity contribution in [3.05, 3.63) is 57.6 Å². The molecule has 0 bridgehead atoms. The molecule has 0 aliphatic heterocycles. The highest BCUT2D eigenvalue weighted by Crippen LogP contribution is 2.25. The lowest BCUT2D eigenvalue weighted by atomic mass is 10.1. The van der Waals surface area contributed by atoms with E-state index in [9.17, 15) is 4.39 Å². The number of likely N-dealkylation sites (N-methyl/N-ethyl adjacent to an activating group) is 1. The van der Waals surface area contributed by atoms with Crippen molar-refractivity contribution in [1.29, 1.82) is 0 Å². The summed E-state index contributed by atoms with van der Waals surface area (Å²) in [5, 5.41) is 7.58. The fourth-order valence-electron chi connectivity index (χ4n) is 2.63. The highest BCUT2D eigenvalue weighted by atomic mass is 35.5. The van der Waals surface area contributed by atoms with Crippen LogP contribution in [0.4, 0.5) is 4.39 Å². The Kier molecular flexibility index (Phi) is 7.32. The van der Waals surface area contributed by atoms with Gasteiger partial charge in [0.05, 0.1) is 17.6 Å². The first-order valence-electron chi connectivity index (χ1n) is 8.19. The molecule has 1 aromatic heterocycles. The molecule has 1 heterocycles. The Morgan fingerprint density at radius 1 is 1.23 bits per heavy atom. The summed E-state index contributed by atoms with van der Waals surface area (Å²) in [6, 6.07) is 8.44. The maximum atomic E-state index is 13.2. The molecule has 2 rings (SSSR count). The number of halogens is 3. The summed E-state index contributed by atoms with van der Waals surface area (Å²) in [5.41, 5.74) is 1.98. The predicted molar refractivity (Wildman–Crippen MR) is 106 cm³/mol. The number of nitrogens with zero attached hydrogens (tertiary/aromatic N) is 3. The zero-order valence-electron chi connectivity index (χ0n) is 15.4. The molecule has 1 aromatic carbocycles. The number of hydrogen-bond donors (Lipinski definition) is 2. The fourth-order valence-corrected chi connectivity index (χ4v) is 3.05. The number of benzene rings is 1. The molecule has 0 radical (unpaired) electrons. The van der Waals surface area contributed by atoms with Crippen LogP contribution >= 0.6 is 23.2 Å². The van der Waals surface area contributed by atoms with Gasteiger partial charge in [0.2, 0.25) is 0 Å². The van der Waals surface area contributed by atoms with Crippen molar-refractivity contribution >= 4 is 29.2 Å². The van der Waals surface area contributed by atoms with Crippen molar-refractivity contribution < 1.29 is 4.39 Å². The lowest BCUT2D eigenvalue weighted by Crippen LogP contribution is -2.41. The summed E-state index contributed by atoms with van der Waals surface area (Å²) in [7, 11) is 7.54. The van der Waals surface area contributed by atoms with Gasteiger partial charge in [-0.3, -0.25) is 4.99 Å². The van der Waals surface area contributed by atoms with Crippen LogP contribution in [0.1, 0.15) is 17.3 Å². The summed E-state index contributed by atoms with van der Waals surface area (Å²) in [6.45, 7) is 1.15. The van der Waals surface area contributed by atoms with Gasteiger partial charge in [0.15, 0.2) is 5.96 Å². The monoisotopic (exact) mass is 399 g/mol. The van der Waals surface area contributed by atoms with E-state index in [-0.39, 0.29) is 11.9 Å². The van der Waals surface area contributed by atoms with Crippen LogP contribution in [-0.4, -0.2) is 43.1 Å². The van der Waals surface area contributed by atoms with Gasteiger partial charge in [0, 0.05) is 26.3 Å². The van der Waals surface area contributed by atoms with E-state index in [0.717, 1.165) is 11.3 Å². The largest absolute Gasteiger partial charge is 0.354 e. The lowest BCUT2D eigenvalue weighted by Gasteiger charge is -2.26. The zero-order valence-corrected chi connectivity index (χ0v) is 16.9. The Balaban J connectivity index is 1.98. The molecule has 0 fully saturated rings. The fraction of sp³-hybridized carbons (Fsp3) is 0.389. The molecule has 26 heavy (non-hydrogen) atoms. The zero-order chi connectivity index (χ0) is 19.3. The lowest BCUT2D eigenvalue weighted by molar-refractivity contribution is 0.298. The van der Waals surface area contributed by atoms with Gasteiger partial charge >= 0.3 is 0 Å². The molecule has 5 nitrogen and oxygen atoms in total. The molecule has 1 unspecified atom stereocenters. The number of nitrogens with one attached hydrogen (secondary N) is 2. The van der Waals surface area contributed by atoms with Gasteiger partial charge in [-0.2, -0.15) is 0 Å². The molecule has 142 valence electrons. The van der Waals surface area contributed by atoms with Crippen LogP contribution in [0.5, 0.6) is 0 Å². The van der Waals surface area contributed by atoms with Gasteiger partial charge in [0.1, 0.15) is 11.0 Å². The number of aliphatic imine (C=N–C) groups is 1. The first kappa shape index (κ1) is 20.6. The number of guanidine groups is 1. The minimum absolute atomic E-state index is 0.0769. The summed E-state index contributed by atoms with van der Waals surface area (Å²) in [5.74, 6) is 0.420. The van der Waals surface area contributed by atoms with Crippen molar-refractivity contribution in [2.75, 3.05) is 27.7 Å². The molecule has 2 aromatic rings. The van der Waals surface area contributed by atoms with Crippen molar-refractivity contribution in [3.63, 3.8) is 0 Å². The van der Waals surface area contributed by atoms with Crippen LogP contribution in [0, 0.1) is 5.82 Å². The van der Waals surface area contributed by atoms with Gasteiger partial charge in [-0.15, -0.1) is 0 Å². The Hall–Kier alpha value is -1.76. The van der Waals surface area contributed by atoms with Gasteiger partial charge in [-0.05, 0) is 37.9 Å². The van der Waals surface area contributed by atoms with Crippen molar-refractivity contribution in [2.45, 2.75) is 12.6 Å². The highest BCUT2D eigenvalue weighted by Gasteiger charge is 2.15. The van der Waals surface area contributed by atoms with E-state index in [2.05, 4.69) is 20.5 Å². The summed E-state index contributed by atoms with van der Waals surface area (Å²) in [6.07, 6.45) is 0. The van der Waals surface area contributed by atoms with E-state index in [1.807, 2.05) is 31.8 Å². The minimum Gasteiger partial charge on any atom is -0.354 e. The molecule has 0 spiro atoms. The summed E-state index contributed by atoms with van der Waals surface area (Å²) < 4.78 is 15.0. The molecule has 0 amide bonds. The number of aromatic nitrogens is 1. The van der Waals surface area contributed by atoms with Crippen LogP contribution in [0.3, 0.4) is 0 Å². The van der Waals surface area contributed by atoms with Crippen molar-refractivity contribution in [3.8, 4) is 0 Å². The second-order valence-corrected chi connectivity index (χ2v) is 6.94. The van der Waals surface area contributed by atoms with Gasteiger partial charge in [-0.25, -0.2) is 4.39 Å². The second-order valence-electron chi connectivity index (χ2n) is 6.17. The van der Waals surface area contributed by atoms with E-state index in [0.29, 0.717) is 29.2 Å². The van der Waals surface area contributed by atoms with Crippen LogP contribution in [0.2, 0.25) is 10.2 Å². The first-order chi connectivity index (χ1) is 12.3. The molecule has 0 aliphatic rings. The molecule has 1 atom stereocenters. The van der Waals surface area contributed by atoms with E-state index in [1.165, 1.54) is 12.1 Å². The normalized spacial score (nSPS) is 13.2. The van der Waals surface area contributed by atoms with Crippen molar-refractivity contribution in [2.24, 2.45) is 12.0 Å². The van der Waals surface area contributed by atoms with Gasteiger partial charge in [-0.1, -0.05) is 35.3 Å². The third kappa shape index (κ3) is 5.13. The standard InChI is InChI=1S/C18H24Cl2FN5/c1-22-18(23-10-14-9-15(19)17(20)26(14)4)24-11-16(25(2)3)12-5-7-13(21)8-6-12/h5-9,16H,10-11H2,1-4H3,(H2,22,23,24). The molecule has 0 saturated carbocycles. The minimum atomic E-state index is -0.239. The van der Waals surface area contributed by atoms with E-state index >= 15 is 0 Å². The van der Waals surface area contributed by atoms with E-state index in [4.69, 9.17) is 23.2 Å². The maximum Gasteiger partial charge on any atom is 0.191 e. The maximum absolute atomic E-state index is 13.2. The van der Waals surface area contributed by atoms with Crippen LogP contribution in [-0.2, 0) is 13.6 Å². The number of rotatable bonds is 6. The van der Waals surface area contributed by atoms with Crippen LogP contribution in [0.25, 0.3) is 0 Å². The Labute approximate surface area is 163 Å². The third-order valence-electron chi connectivity index (χ3n) is 4.22. The Bertz CT molecular complexity index is 756. The quantitative estimate of drug-likeness (QED) is 0.577. The number of hydrogen-bond acceptors (Lipinski definition) is 2.